The molecule has 1 atom stereocenters. The first-order valence-electron chi connectivity index (χ1n) is 9.03. The van der Waals surface area contributed by atoms with Gasteiger partial charge in [0.15, 0.2) is 5.96 Å². The van der Waals surface area contributed by atoms with Gasteiger partial charge in [0.2, 0.25) is 0 Å². The van der Waals surface area contributed by atoms with Gasteiger partial charge in [0, 0.05) is 38.8 Å². The molecule has 2 heterocycles. The van der Waals surface area contributed by atoms with Gasteiger partial charge in [0.1, 0.15) is 23.5 Å². The molecule has 2 N–H and O–H groups in total. The van der Waals surface area contributed by atoms with Crippen molar-refractivity contribution in [3.8, 4) is 0 Å². The van der Waals surface area contributed by atoms with Gasteiger partial charge < -0.3 is 24.6 Å². The van der Waals surface area contributed by atoms with Crippen LogP contribution in [0.1, 0.15) is 18.8 Å². The maximum Gasteiger partial charge on any atom is 0.194 e. The van der Waals surface area contributed by atoms with Crippen LogP contribution in [0.4, 0.5) is 14.5 Å². The number of furan rings is 1. The highest BCUT2D eigenvalue weighted by molar-refractivity contribution is 14.0. The van der Waals surface area contributed by atoms with Gasteiger partial charge in [-0.05, 0) is 31.2 Å². The Balaban J connectivity index is 0.00000280. The Morgan fingerprint density at radius 2 is 2.00 bits per heavy atom. The van der Waals surface area contributed by atoms with Crippen LogP contribution < -0.4 is 10.2 Å². The second-order valence-corrected chi connectivity index (χ2v) is 6.30. The predicted octanol–water partition coefficient (Wildman–Crippen LogP) is 3.00. The summed E-state index contributed by atoms with van der Waals surface area (Å²) in [4.78, 5) is 8.37. The molecule has 0 radical (unpaired) electrons. The Morgan fingerprint density at radius 3 is 2.64 bits per heavy atom. The van der Waals surface area contributed by atoms with Crippen molar-refractivity contribution in [1.82, 2.24) is 10.2 Å². The van der Waals surface area contributed by atoms with Crippen molar-refractivity contribution < 1.29 is 18.3 Å². The molecular weight excluding hydrogens is 481 g/mol. The quantitative estimate of drug-likeness (QED) is 0.371. The monoisotopic (exact) mass is 506 g/mol. The summed E-state index contributed by atoms with van der Waals surface area (Å²) in [6, 6.07) is 6.93. The second-order valence-electron chi connectivity index (χ2n) is 6.30. The molecule has 2 aromatic rings. The number of aliphatic hydroxyl groups excluding tert-OH is 1. The van der Waals surface area contributed by atoms with E-state index in [1.807, 2.05) is 16.7 Å². The summed E-state index contributed by atoms with van der Waals surface area (Å²) in [5.41, 5.74) is 0.282. The highest BCUT2D eigenvalue weighted by Crippen LogP contribution is 2.22. The molecule has 1 aliphatic rings. The summed E-state index contributed by atoms with van der Waals surface area (Å²) in [7, 11) is 0. The SMILES string of the molecule is CCNC(=NCC(O)c1ccco1)N1CCN(c2cc(F)ccc2F)CC1.I. The van der Waals surface area contributed by atoms with Gasteiger partial charge in [-0.15, -0.1) is 24.0 Å². The summed E-state index contributed by atoms with van der Waals surface area (Å²) in [5.74, 6) is 0.283. The van der Waals surface area contributed by atoms with E-state index in [2.05, 4.69) is 10.3 Å². The molecule has 28 heavy (non-hydrogen) atoms. The van der Waals surface area contributed by atoms with Crippen molar-refractivity contribution in [1.29, 1.82) is 0 Å². The number of aliphatic imine (C=N–C) groups is 1. The highest BCUT2D eigenvalue weighted by atomic mass is 127. The standard InChI is InChI=1S/C19H24F2N4O2.HI/c1-2-22-19(23-13-17(26)18-4-3-11-27-18)25-9-7-24(8-10-25)16-12-14(20)5-6-15(16)21;/h3-6,11-12,17,26H,2,7-10,13H2,1H3,(H,22,23);1H. The highest BCUT2D eigenvalue weighted by Gasteiger charge is 2.22. The first-order valence-corrected chi connectivity index (χ1v) is 9.03. The summed E-state index contributed by atoms with van der Waals surface area (Å²) < 4.78 is 32.6. The van der Waals surface area contributed by atoms with Gasteiger partial charge in [-0.1, -0.05) is 0 Å². The lowest BCUT2D eigenvalue weighted by Gasteiger charge is -2.37. The van der Waals surface area contributed by atoms with Crippen LogP contribution in [0.15, 0.2) is 46.0 Å². The summed E-state index contributed by atoms with van der Waals surface area (Å²) in [6.45, 7) is 5.15. The number of aliphatic hydroxyl groups is 1. The van der Waals surface area contributed by atoms with Crippen molar-refractivity contribution in [2.75, 3.05) is 44.2 Å². The molecule has 0 saturated carbocycles. The zero-order chi connectivity index (χ0) is 19.2. The maximum atomic E-state index is 14.0. The predicted molar refractivity (Wildman–Crippen MR) is 115 cm³/mol. The number of halogens is 3. The van der Waals surface area contributed by atoms with Crippen molar-refractivity contribution in [3.05, 3.63) is 54.0 Å². The second kappa shape index (κ2) is 10.6. The molecule has 6 nitrogen and oxygen atoms in total. The molecular formula is C19H25F2IN4O2. The van der Waals surface area contributed by atoms with E-state index in [1.165, 1.54) is 12.3 Å². The average Bonchev–Trinajstić information content (AvgIpc) is 3.22. The Labute approximate surface area is 180 Å². The van der Waals surface area contributed by atoms with Crippen LogP contribution in [0.3, 0.4) is 0 Å². The number of hydrogen-bond acceptors (Lipinski definition) is 4. The lowest BCUT2D eigenvalue weighted by molar-refractivity contribution is 0.158. The average molecular weight is 506 g/mol. The third-order valence-corrected chi connectivity index (χ3v) is 4.45. The lowest BCUT2D eigenvalue weighted by Crippen LogP contribution is -2.52. The van der Waals surface area contributed by atoms with Gasteiger partial charge in [-0.25, -0.2) is 13.8 Å². The first kappa shape index (κ1) is 22.4. The van der Waals surface area contributed by atoms with Crippen molar-refractivity contribution in [2.24, 2.45) is 4.99 Å². The van der Waals surface area contributed by atoms with Crippen molar-refractivity contribution in [3.63, 3.8) is 0 Å². The molecule has 0 amide bonds. The summed E-state index contributed by atoms with van der Waals surface area (Å²) in [5, 5.41) is 13.3. The molecule has 0 bridgehead atoms. The van der Waals surface area contributed by atoms with Crippen LogP contribution in [0, 0.1) is 11.6 Å². The molecule has 1 unspecified atom stereocenters. The third kappa shape index (κ3) is 5.57. The Hall–Kier alpha value is -1.88. The number of anilines is 1. The molecule has 1 saturated heterocycles. The van der Waals surface area contributed by atoms with Crippen LogP contribution in [0.2, 0.25) is 0 Å². The maximum absolute atomic E-state index is 14.0. The topological polar surface area (TPSA) is 64.2 Å². The smallest absolute Gasteiger partial charge is 0.194 e. The number of hydrogen-bond donors (Lipinski definition) is 2. The minimum atomic E-state index is -0.809. The van der Waals surface area contributed by atoms with Gasteiger partial charge in [0.25, 0.3) is 0 Å². The number of rotatable bonds is 5. The zero-order valence-corrected chi connectivity index (χ0v) is 18.0. The first-order chi connectivity index (χ1) is 13.1. The van der Waals surface area contributed by atoms with Gasteiger partial charge >= 0.3 is 0 Å². The number of nitrogens with zero attached hydrogens (tertiary/aromatic N) is 3. The van der Waals surface area contributed by atoms with Gasteiger partial charge in [-0.3, -0.25) is 0 Å². The largest absolute Gasteiger partial charge is 0.467 e. The van der Waals surface area contributed by atoms with E-state index in [0.717, 1.165) is 12.1 Å². The molecule has 1 aliphatic heterocycles. The molecule has 154 valence electrons. The minimum Gasteiger partial charge on any atom is -0.467 e. The number of benzene rings is 1. The van der Waals surface area contributed by atoms with Gasteiger partial charge in [-0.2, -0.15) is 0 Å². The molecule has 1 aromatic heterocycles. The van der Waals surface area contributed by atoms with Crippen LogP contribution in [0.5, 0.6) is 0 Å². The van der Waals surface area contributed by atoms with Crippen LogP contribution >= 0.6 is 24.0 Å². The Kier molecular flexibility index (Phi) is 8.49. The van der Waals surface area contributed by atoms with E-state index < -0.39 is 17.7 Å². The van der Waals surface area contributed by atoms with Crippen LogP contribution in [-0.2, 0) is 0 Å². The molecule has 3 rings (SSSR count). The molecule has 1 aromatic carbocycles. The Bertz CT molecular complexity index is 765. The molecule has 0 aliphatic carbocycles. The van der Waals surface area contributed by atoms with E-state index in [9.17, 15) is 13.9 Å². The van der Waals surface area contributed by atoms with Gasteiger partial charge in [0.05, 0.1) is 18.5 Å². The molecule has 0 spiro atoms. The fraction of sp³-hybridized carbons (Fsp3) is 0.421. The third-order valence-electron chi connectivity index (χ3n) is 4.45. The molecule has 1 fully saturated rings. The van der Waals surface area contributed by atoms with E-state index in [1.54, 1.807) is 12.1 Å². The summed E-state index contributed by atoms with van der Waals surface area (Å²) >= 11 is 0. The Morgan fingerprint density at radius 1 is 1.25 bits per heavy atom. The summed E-state index contributed by atoms with van der Waals surface area (Å²) in [6.07, 6.45) is 0.703. The van der Waals surface area contributed by atoms with E-state index >= 15 is 0 Å². The fourth-order valence-corrected chi connectivity index (χ4v) is 3.06. The number of guanidine groups is 1. The fourth-order valence-electron chi connectivity index (χ4n) is 3.06. The molecule has 9 heteroatoms. The normalized spacial score (nSPS) is 15.9. The van der Waals surface area contributed by atoms with Crippen LogP contribution in [0.25, 0.3) is 0 Å². The number of piperazine rings is 1. The van der Waals surface area contributed by atoms with Crippen molar-refractivity contribution in [2.45, 2.75) is 13.0 Å². The lowest BCUT2D eigenvalue weighted by atomic mass is 10.2. The van der Waals surface area contributed by atoms with Crippen LogP contribution in [-0.4, -0.2) is 55.2 Å². The van der Waals surface area contributed by atoms with Crippen molar-refractivity contribution >= 4 is 35.6 Å². The van der Waals surface area contributed by atoms with E-state index in [0.29, 0.717) is 44.4 Å². The zero-order valence-electron chi connectivity index (χ0n) is 15.6. The minimum absolute atomic E-state index is 0. The van der Waals surface area contributed by atoms with E-state index in [4.69, 9.17) is 4.42 Å². The number of nitrogens with one attached hydrogen (secondary N) is 1. The van der Waals surface area contributed by atoms with E-state index in [-0.39, 0.29) is 36.2 Å².